The van der Waals surface area contributed by atoms with Gasteiger partial charge in [-0.05, 0) is 37.6 Å². The minimum Gasteiger partial charge on any atom is -0.391 e. The van der Waals surface area contributed by atoms with E-state index in [9.17, 15) is 9.90 Å². The van der Waals surface area contributed by atoms with Gasteiger partial charge in [0, 0.05) is 12.1 Å². The molecule has 26 heavy (non-hydrogen) atoms. The number of para-hydroxylation sites is 1. The number of aryl methyl sites for hydroxylation is 1. The van der Waals surface area contributed by atoms with Gasteiger partial charge in [0.25, 0.3) is 5.91 Å². The van der Waals surface area contributed by atoms with Crippen LogP contribution >= 0.6 is 0 Å². The zero-order chi connectivity index (χ0) is 18.5. The van der Waals surface area contributed by atoms with Crippen LogP contribution in [0.1, 0.15) is 28.7 Å². The Balaban J connectivity index is 1.66. The summed E-state index contributed by atoms with van der Waals surface area (Å²) in [6.07, 6.45) is -0.182. The molecule has 1 aromatic heterocycles. The quantitative estimate of drug-likeness (QED) is 0.719. The van der Waals surface area contributed by atoms with Crippen LogP contribution in [0.2, 0.25) is 0 Å². The number of rotatable bonds is 6. The molecular formula is C21H23N3O2. The number of amides is 1. The fraction of sp³-hybridized carbons (Fsp3) is 0.238. The first kappa shape index (κ1) is 17.9. The van der Waals surface area contributed by atoms with Gasteiger partial charge in [-0.15, -0.1) is 0 Å². The third-order valence-electron chi connectivity index (χ3n) is 4.34. The SMILES string of the molecule is Cc1cc(C(=O)NC(C)C(O)Cc2ccccc2)nn1-c1ccccc1. The first-order chi connectivity index (χ1) is 12.5. The number of nitrogens with one attached hydrogen (secondary N) is 1. The van der Waals surface area contributed by atoms with Crippen molar-refractivity contribution in [3.63, 3.8) is 0 Å². The van der Waals surface area contributed by atoms with Gasteiger partial charge in [0.1, 0.15) is 0 Å². The van der Waals surface area contributed by atoms with E-state index in [1.165, 1.54) is 0 Å². The average Bonchev–Trinajstić information content (AvgIpc) is 3.05. The normalized spacial score (nSPS) is 13.2. The van der Waals surface area contributed by atoms with Gasteiger partial charge >= 0.3 is 0 Å². The van der Waals surface area contributed by atoms with Crippen molar-refractivity contribution in [2.75, 3.05) is 0 Å². The van der Waals surface area contributed by atoms with Crippen LogP contribution in [0.25, 0.3) is 5.69 Å². The summed E-state index contributed by atoms with van der Waals surface area (Å²) < 4.78 is 1.74. The standard InChI is InChI=1S/C21H23N3O2/c1-15-13-19(23-24(15)18-11-7-4-8-12-18)21(26)22-16(2)20(25)14-17-9-5-3-6-10-17/h3-13,16,20,25H,14H2,1-2H3,(H,22,26). The molecule has 2 aromatic carbocycles. The molecule has 0 aliphatic heterocycles. The van der Waals surface area contributed by atoms with Crippen LogP contribution in [0, 0.1) is 6.92 Å². The summed E-state index contributed by atoms with van der Waals surface area (Å²) in [5.74, 6) is -0.289. The topological polar surface area (TPSA) is 67.2 Å². The molecule has 5 heteroatoms. The Bertz CT molecular complexity index is 859. The molecule has 2 unspecified atom stereocenters. The fourth-order valence-electron chi connectivity index (χ4n) is 2.83. The van der Waals surface area contributed by atoms with E-state index in [4.69, 9.17) is 0 Å². The predicted molar refractivity (Wildman–Crippen MR) is 101 cm³/mol. The molecule has 5 nitrogen and oxygen atoms in total. The number of aromatic nitrogens is 2. The Morgan fingerprint density at radius 3 is 2.38 bits per heavy atom. The van der Waals surface area contributed by atoms with Crippen molar-refractivity contribution in [1.29, 1.82) is 0 Å². The first-order valence-electron chi connectivity index (χ1n) is 8.69. The van der Waals surface area contributed by atoms with E-state index in [2.05, 4.69) is 10.4 Å². The van der Waals surface area contributed by atoms with Gasteiger partial charge in [0.2, 0.25) is 0 Å². The van der Waals surface area contributed by atoms with Crippen LogP contribution in [0.15, 0.2) is 66.7 Å². The third kappa shape index (κ3) is 4.18. The molecule has 0 saturated carbocycles. The zero-order valence-electron chi connectivity index (χ0n) is 15.0. The largest absolute Gasteiger partial charge is 0.391 e. The number of aliphatic hydroxyl groups is 1. The number of benzene rings is 2. The van der Waals surface area contributed by atoms with E-state index >= 15 is 0 Å². The number of aliphatic hydroxyl groups excluding tert-OH is 1. The van der Waals surface area contributed by atoms with Gasteiger partial charge in [0.15, 0.2) is 5.69 Å². The summed E-state index contributed by atoms with van der Waals surface area (Å²) >= 11 is 0. The Morgan fingerprint density at radius 2 is 1.73 bits per heavy atom. The van der Waals surface area contributed by atoms with E-state index in [1.807, 2.05) is 67.6 Å². The van der Waals surface area contributed by atoms with Crippen LogP contribution in [-0.4, -0.2) is 32.9 Å². The molecule has 134 valence electrons. The summed E-state index contributed by atoms with van der Waals surface area (Å²) in [4.78, 5) is 12.5. The number of carbonyl (C=O) groups is 1. The molecule has 0 bridgehead atoms. The maximum atomic E-state index is 12.5. The van der Waals surface area contributed by atoms with Crippen molar-refractivity contribution in [1.82, 2.24) is 15.1 Å². The van der Waals surface area contributed by atoms with Crippen molar-refractivity contribution in [3.05, 3.63) is 83.7 Å². The second kappa shape index (κ2) is 7.97. The first-order valence-corrected chi connectivity index (χ1v) is 8.69. The van der Waals surface area contributed by atoms with E-state index in [-0.39, 0.29) is 11.9 Å². The van der Waals surface area contributed by atoms with Crippen LogP contribution < -0.4 is 5.32 Å². The van der Waals surface area contributed by atoms with Gasteiger partial charge in [-0.25, -0.2) is 4.68 Å². The average molecular weight is 349 g/mol. The van der Waals surface area contributed by atoms with E-state index < -0.39 is 6.10 Å². The summed E-state index contributed by atoms with van der Waals surface area (Å²) in [5, 5.41) is 17.6. The lowest BCUT2D eigenvalue weighted by Gasteiger charge is -2.19. The van der Waals surface area contributed by atoms with Gasteiger partial charge < -0.3 is 10.4 Å². The molecule has 0 aliphatic carbocycles. The second-order valence-electron chi connectivity index (χ2n) is 6.44. The molecule has 0 fully saturated rings. The van der Waals surface area contributed by atoms with Gasteiger partial charge in [-0.1, -0.05) is 48.5 Å². The number of nitrogens with zero attached hydrogens (tertiary/aromatic N) is 2. The van der Waals surface area contributed by atoms with Crippen LogP contribution in [-0.2, 0) is 6.42 Å². The molecule has 2 atom stereocenters. The Labute approximate surface area is 153 Å². The molecule has 0 aliphatic rings. The highest BCUT2D eigenvalue weighted by Gasteiger charge is 2.20. The maximum Gasteiger partial charge on any atom is 0.272 e. The minimum atomic E-state index is -0.668. The van der Waals surface area contributed by atoms with Crippen LogP contribution in [0.3, 0.4) is 0 Å². The second-order valence-corrected chi connectivity index (χ2v) is 6.44. The molecule has 0 spiro atoms. The van der Waals surface area contributed by atoms with Gasteiger partial charge in [0.05, 0.1) is 17.8 Å². The Morgan fingerprint density at radius 1 is 1.12 bits per heavy atom. The van der Waals surface area contributed by atoms with E-state index in [0.29, 0.717) is 12.1 Å². The number of hydrogen-bond acceptors (Lipinski definition) is 3. The molecule has 2 N–H and O–H groups in total. The molecule has 3 rings (SSSR count). The summed E-state index contributed by atoms with van der Waals surface area (Å²) in [7, 11) is 0. The van der Waals surface area contributed by atoms with Crippen LogP contribution in [0.4, 0.5) is 0 Å². The lowest BCUT2D eigenvalue weighted by molar-refractivity contribution is 0.0846. The number of carbonyl (C=O) groups excluding carboxylic acids is 1. The van der Waals surface area contributed by atoms with E-state index in [0.717, 1.165) is 16.9 Å². The highest BCUT2D eigenvalue weighted by atomic mass is 16.3. The molecule has 0 saturated heterocycles. The number of hydrogen-bond donors (Lipinski definition) is 2. The lowest BCUT2D eigenvalue weighted by atomic mass is 10.0. The van der Waals surface area contributed by atoms with Crippen LogP contribution in [0.5, 0.6) is 0 Å². The summed E-state index contributed by atoms with van der Waals surface area (Å²) in [5.41, 5.74) is 3.15. The predicted octanol–water partition coefficient (Wildman–Crippen LogP) is 2.90. The summed E-state index contributed by atoms with van der Waals surface area (Å²) in [6, 6.07) is 20.8. The zero-order valence-corrected chi connectivity index (χ0v) is 15.0. The van der Waals surface area contributed by atoms with Crippen molar-refractivity contribution >= 4 is 5.91 Å². The highest BCUT2D eigenvalue weighted by molar-refractivity contribution is 5.92. The van der Waals surface area contributed by atoms with Crippen molar-refractivity contribution in [3.8, 4) is 5.69 Å². The van der Waals surface area contributed by atoms with E-state index in [1.54, 1.807) is 17.7 Å². The maximum absolute atomic E-state index is 12.5. The third-order valence-corrected chi connectivity index (χ3v) is 4.34. The van der Waals surface area contributed by atoms with Crippen molar-refractivity contribution in [2.24, 2.45) is 0 Å². The smallest absolute Gasteiger partial charge is 0.272 e. The van der Waals surface area contributed by atoms with Gasteiger partial charge in [-0.2, -0.15) is 5.10 Å². The summed E-state index contributed by atoms with van der Waals surface area (Å²) in [6.45, 7) is 3.71. The monoisotopic (exact) mass is 349 g/mol. The van der Waals surface area contributed by atoms with Crippen molar-refractivity contribution < 1.29 is 9.90 Å². The van der Waals surface area contributed by atoms with Gasteiger partial charge in [-0.3, -0.25) is 4.79 Å². The Hall–Kier alpha value is -2.92. The minimum absolute atomic E-state index is 0.289. The van der Waals surface area contributed by atoms with Crippen molar-refractivity contribution in [2.45, 2.75) is 32.4 Å². The molecule has 0 radical (unpaired) electrons. The lowest BCUT2D eigenvalue weighted by Crippen LogP contribution is -2.42. The molecule has 3 aromatic rings. The molecule has 1 heterocycles. The molecular weight excluding hydrogens is 326 g/mol. The Kier molecular flexibility index (Phi) is 5.49. The molecule has 1 amide bonds. The fourth-order valence-corrected chi connectivity index (χ4v) is 2.83. The highest BCUT2D eigenvalue weighted by Crippen LogP contribution is 2.12.